The van der Waals surface area contributed by atoms with Gasteiger partial charge in [-0.1, -0.05) is 6.92 Å². The molecule has 1 unspecified atom stereocenters. The van der Waals surface area contributed by atoms with E-state index in [0.717, 1.165) is 6.54 Å². The van der Waals surface area contributed by atoms with Crippen molar-refractivity contribution in [2.24, 2.45) is 0 Å². The molecule has 7 heteroatoms. The van der Waals surface area contributed by atoms with Crippen LogP contribution in [0.5, 0.6) is 0 Å². The van der Waals surface area contributed by atoms with Gasteiger partial charge in [0.15, 0.2) is 5.25 Å². The standard InChI is InChI=1S/C10H22N2O4S/c1-5-12(8-6-7-11(3)4)17(15,16)9(2)10(13)14/h9H,5-8H2,1-4H3,(H,13,14). The van der Waals surface area contributed by atoms with E-state index < -0.39 is 21.2 Å². The Morgan fingerprint density at radius 2 is 1.82 bits per heavy atom. The Hall–Kier alpha value is -0.660. The molecule has 6 nitrogen and oxygen atoms in total. The van der Waals surface area contributed by atoms with Crippen LogP contribution in [0.4, 0.5) is 0 Å². The first-order chi connectivity index (χ1) is 7.73. The van der Waals surface area contributed by atoms with Gasteiger partial charge in [0, 0.05) is 13.1 Å². The van der Waals surface area contributed by atoms with Crippen molar-refractivity contribution >= 4 is 16.0 Å². The average Bonchev–Trinajstić information content (AvgIpc) is 2.22. The first kappa shape index (κ1) is 16.3. The highest BCUT2D eigenvalue weighted by Gasteiger charge is 2.32. The van der Waals surface area contributed by atoms with Crippen molar-refractivity contribution in [3.8, 4) is 0 Å². The zero-order valence-electron chi connectivity index (χ0n) is 10.9. The van der Waals surface area contributed by atoms with E-state index >= 15 is 0 Å². The van der Waals surface area contributed by atoms with E-state index in [1.165, 1.54) is 11.2 Å². The van der Waals surface area contributed by atoms with Gasteiger partial charge in [-0.3, -0.25) is 4.79 Å². The van der Waals surface area contributed by atoms with E-state index in [2.05, 4.69) is 0 Å². The van der Waals surface area contributed by atoms with Crippen LogP contribution in [0, 0.1) is 0 Å². The molecule has 0 saturated heterocycles. The number of aliphatic carboxylic acids is 1. The van der Waals surface area contributed by atoms with E-state index in [1.807, 2.05) is 19.0 Å². The predicted molar refractivity (Wildman–Crippen MR) is 66.4 cm³/mol. The summed E-state index contributed by atoms with van der Waals surface area (Å²) in [5.74, 6) is -1.31. The fourth-order valence-electron chi connectivity index (χ4n) is 1.38. The summed E-state index contributed by atoms with van der Waals surface area (Å²) in [6.07, 6.45) is 0.687. The normalized spacial score (nSPS) is 14.2. The van der Waals surface area contributed by atoms with Gasteiger partial charge in [-0.05, 0) is 34.0 Å². The summed E-state index contributed by atoms with van der Waals surface area (Å²) in [4.78, 5) is 12.7. The fourth-order valence-corrected chi connectivity index (χ4v) is 2.83. The largest absolute Gasteiger partial charge is 0.480 e. The Balaban J connectivity index is 4.59. The minimum atomic E-state index is -3.73. The van der Waals surface area contributed by atoms with Crippen molar-refractivity contribution in [2.75, 3.05) is 33.7 Å². The van der Waals surface area contributed by atoms with Gasteiger partial charge < -0.3 is 10.0 Å². The van der Waals surface area contributed by atoms with Crippen LogP contribution in [0.2, 0.25) is 0 Å². The van der Waals surface area contributed by atoms with Gasteiger partial charge in [-0.25, -0.2) is 12.7 Å². The van der Waals surface area contributed by atoms with Crippen molar-refractivity contribution in [1.29, 1.82) is 0 Å². The molecule has 1 atom stereocenters. The number of hydrogen-bond acceptors (Lipinski definition) is 4. The highest BCUT2D eigenvalue weighted by molar-refractivity contribution is 7.90. The minimum Gasteiger partial charge on any atom is -0.480 e. The summed E-state index contributed by atoms with van der Waals surface area (Å²) in [5, 5.41) is 7.37. The molecule has 0 amide bonds. The lowest BCUT2D eigenvalue weighted by molar-refractivity contribution is -0.136. The zero-order chi connectivity index (χ0) is 13.6. The van der Waals surface area contributed by atoms with Crippen molar-refractivity contribution in [3.05, 3.63) is 0 Å². The Morgan fingerprint density at radius 1 is 1.29 bits per heavy atom. The predicted octanol–water partition coefficient (Wildman–Crippen LogP) is 0.0629. The van der Waals surface area contributed by atoms with Gasteiger partial charge in [0.25, 0.3) is 0 Å². The van der Waals surface area contributed by atoms with Gasteiger partial charge in [0.2, 0.25) is 10.0 Å². The van der Waals surface area contributed by atoms with Crippen molar-refractivity contribution in [1.82, 2.24) is 9.21 Å². The average molecular weight is 266 g/mol. The Bertz CT molecular complexity index is 340. The van der Waals surface area contributed by atoms with Gasteiger partial charge in [-0.15, -0.1) is 0 Å². The van der Waals surface area contributed by atoms with Gasteiger partial charge in [-0.2, -0.15) is 0 Å². The van der Waals surface area contributed by atoms with Crippen LogP contribution >= 0.6 is 0 Å². The summed E-state index contributed by atoms with van der Waals surface area (Å²) in [7, 11) is 0.0817. The molecule has 0 fully saturated rings. The van der Waals surface area contributed by atoms with Crippen LogP contribution in [0.25, 0.3) is 0 Å². The second kappa shape index (κ2) is 6.93. The third-order valence-electron chi connectivity index (χ3n) is 2.52. The number of carbonyl (C=O) groups is 1. The zero-order valence-corrected chi connectivity index (χ0v) is 11.7. The quantitative estimate of drug-likeness (QED) is 0.672. The monoisotopic (exact) mass is 266 g/mol. The summed E-state index contributed by atoms with van der Waals surface area (Å²) >= 11 is 0. The molecule has 0 saturated carbocycles. The lowest BCUT2D eigenvalue weighted by Crippen LogP contribution is -2.42. The maximum absolute atomic E-state index is 11.9. The number of sulfonamides is 1. The molecule has 0 spiro atoms. The molecule has 0 aromatic carbocycles. The van der Waals surface area contributed by atoms with Crippen LogP contribution in [0.3, 0.4) is 0 Å². The third-order valence-corrected chi connectivity index (χ3v) is 4.78. The summed E-state index contributed by atoms with van der Waals surface area (Å²) in [6, 6.07) is 0. The molecule has 0 aliphatic carbocycles. The molecule has 0 bridgehead atoms. The third kappa shape index (κ3) is 5.01. The number of carboxylic acids is 1. The lowest BCUT2D eigenvalue weighted by Gasteiger charge is -2.23. The molecule has 0 aromatic heterocycles. The van der Waals surface area contributed by atoms with Crippen LogP contribution in [-0.4, -0.2) is 67.7 Å². The molecule has 17 heavy (non-hydrogen) atoms. The molecule has 102 valence electrons. The fraction of sp³-hybridized carbons (Fsp3) is 0.900. The molecular formula is C10H22N2O4S. The van der Waals surface area contributed by atoms with Gasteiger partial charge in [0.05, 0.1) is 0 Å². The van der Waals surface area contributed by atoms with Crippen LogP contribution < -0.4 is 0 Å². The molecule has 0 aliphatic rings. The highest BCUT2D eigenvalue weighted by atomic mass is 32.2. The molecule has 0 rings (SSSR count). The first-order valence-corrected chi connectivity index (χ1v) is 7.10. The van der Waals surface area contributed by atoms with Crippen molar-refractivity contribution < 1.29 is 18.3 Å². The van der Waals surface area contributed by atoms with Crippen LogP contribution in [0.15, 0.2) is 0 Å². The maximum Gasteiger partial charge on any atom is 0.323 e. The topological polar surface area (TPSA) is 77.9 Å². The highest BCUT2D eigenvalue weighted by Crippen LogP contribution is 2.09. The van der Waals surface area contributed by atoms with E-state index in [9.17, 15) is 13.2 Å². The number of carboxylic acid groups (broad SMARTS) is 1. The molecular weight excluding hydrogens is 244 g/mol. The maximum atomic E-state index is 11.9. The number of hydrogen-bond donors (Lipinski definition) is 1. The Morgan fingerprint density at radius 3 is 2.18 bits per heavy atom. The van der Waals surface area contributed by atoms with E-state index in [1.54, 1.807) is 6.92 Å². The van der Waals surface area contributed by atoms with Crippen molar-refractivity contribution in [3.63, 3.8) is 0 Å². The van der Waals surface area contributed by atoms with Gasteiger partial charge in [0.1, 0.15) is 0 Å². The molecule has 0 aromatic rings. The SMILES string of the molecule is CCN(CCCN(C)C)S(=O)(=O)C(C)C(=O)O. The van der Waals surface area contributed by atoms with E-state index in [0.29, 0.717) is 19.5 Å². The lowest BCUT2D eigenvalue weighted by atomic mass is 10.4. The Kier molecular flexibility index (Phi) is 6.66. The minimum absolute atomic E-state index is 0.299. The number of nitrogens with zero attached hydrogens (tertiary/aromatic N) is 2. The van der Waals surface area contributed by atoms with Gasteiger partial charge >= 0.3 is 5.97 Å². The number of rotatable bonds is 8. The summed E-state index contributed by atoms with van der Waals surface area (Å²) in [6.45, 7) is 4.34. The second-order valence-electron chi connectivity index (χ2n) is 4.17. The summed E-state index contributed by atoms with van der Waals surface area (Å²) in [5.41, 5.74) is 0. The van der Waals surface area contributed by atoms with Crippen molar-refractivity contribution in [2.45, 2.75) is 25.5 Å². The first-order valence-electron chi connectivity index (χ1n) is 5.60. The summed E-state index contributed by atoms with van der Waals surface area (Å²) < 4.78 is 25.1. The second-order valence-corrected chi connectivity index (χ2v) is 6.43. The smallest absolute Gasteiger partial charge is 0.323 e. The van der Waals surface area contributed by atoms with E-state index in [4.69, 9.17) is 5.11 Å². The van der Waals surface area contributed by atoms with E-state index in [-0.39, 0.29) is 0 Å². The van der Waals surface area contributed by atoms with Crippen LogP contribution in [0.1, 0.15) is 20.3 Å². The molecule has 0 radical (unpaired) electrons. The molecule has 0 aliphatic heterocycles. The Labute approximate surface area is 103 Å². The van der Waals surface area contributed by atoms with Crippen LogP contribution in [-0.2, 0) is 14.8 Å². The molecule has 0 heterocycles. The molecule has 1 N–H and O–H groups in total.